The first-order chi connectivity index (χ1) is 6.56. The quantitative estimate of drug-likeness (QED) is 0.757. The number of hydrogen-bond donors (Lipinski definition) is 2. The van der Waals surface area contributed by atoms with E-state index in [0.29, 0.717) is 5.56 Å². The van der Waals surface area contributed by atoms with Crippen LogP contribution < -0.4 is 5.73 Å². The van der Waals surface area contributed by atoms with Gasteiger partial charge in [-0.25, -0.2) is 4.39 Å². The zero-order valence-electron chi connectivity index (χ0n) is 8.13. The number of phenols is 1. The number of benzene rings is 1. The fourth-order valence-electron chi connectivity index (χ4n) is 2.01. The molecule has 14 heavy (non-hydrogen) atoms. The average Bonchev–Trinajstić information content (AvgIpc) is 2.90. The molecule has 1 saturated carbocycles. The van der Waals surface area contributed by atoms with Gasteiger partial charge in [-0.05, 0) is 38.0 Å². The van der Waals surface area contributed by atoms with Gasteiger partial charge < -0.3 is 10.8 Å². The van der Waals surface area contributed by atoms with Crippen molar-refractivity contribution in [3.8, 4) is 5.75 Å². The van der Waals surface area contributed by atoms with E-state index >= 15 is 0 Å². The number of aromatic hydroxyl groups is 1. The highest BCUT2D eigenvalue weighted by atomic mass is 19.1. The SMILES string of the molecule is CC(N)C1(c2cc(F)ccc2O)CC1. The van der Waals surface area contributed by atoms with Crippen LogP contribution in [-0.2, 0) is 5.41 Å². The molecule has 0 bridgehead atoms. The van der Waals surface area contributed by atoms with E-state index in [1.54, 1.807) is 0 Å². The van der Waals surface area contributed by atoms with Crippen molar-refractivity contribution < 1.29 is 9.50 Å². The van der Waals surface area contributed by atoms with Crippen molar-refractivity contribution in [3.63, 3.8) is 0 Å². The van der Waals surface area contributed by atoms with Crippen LogP contribution in [0.1, 0.15) is 25.3 Å². The van der Waals surface area contributed by atoms with Gasteiger partial charge in [0.2, 0.25) is 0 Å². The van der Waals surface area contributed by atoms with Crippen LogP contribution >= 0.6 is 0 Å². The van der Waals surface area contributed by atoms with E-state index in [4.69, 9.17) is 5.73 Å². The summed E-state index contributed by atoms with van der Waals surface area (Å²) in [6.07, 6.45) is 1.86. The Morgan fingerprint density at radius 2 is 2.14 bits per heavy atom. The Morgan fingerprint density at radius 3 is 2.64 bits per heavy atom. The zero-order chi connectivity index (χ0) is 10.3. The smallest absolute Gasteiger partial charge is 0.123 e. The Hall–Kier alpha value is -1.09. The summed E-state index contributed by atoms with van der Waals surface area (Å²) in [4.78, 5) is 0. The maximum atomic E-state index is 13.0. The summed E-state index contributed by atoms with van der Waals surface area (Å²) in [7, 11) is 0. The van der Waals surface area contributed by atoms with Crippen molar-refractivity contribution in [1.82, 2.24) is 0 Å². The minimum absolute atomic E-state index is 0.0461. The summed E-state index contributed by atoms with van der Waals surface area (Å²) in [6, 6.07) is 4.00. The number of halogens is 1. The molecule has 0 aromatic heterocycles. The fraction of sp³-hybridized carbons (Fsp3) is 0.455. The van der Waals surface area contributed by atoms with E-state index in [-0.39, 0.29) is 23.0 Å². The van der Waals surface area contributed by atoms with Crippen molar-refractivity contribution in [1.29, 1.82) is 0 Å². The van der Waals surface area contributed by atoms with Crippen LogP contribution in [0.3, 0.4) is 0 Å². The molecule has 1 aliphatic carbocycles. The highest BCUT2D eigenvalue weighted by Gasteiger charge is 2.49. The van der Waals surface area contributed by atoms with Gasteiger partial charge in [-0.3, -0.25) is 0 Å². The van der Waals surface area contributed by atoms with Gasteiger partial charge in [0.15, 0.2) is 0 Å². The molecule has 0 amide bonds. The maximum Gasteiger partial charge on any atom is 0.123 e. The zero-order valence-corrected chi connectivity index (χ0v) is 8.13. The molecule has 0 spiro atoms. The summed E-state index contributed by atoms with van der Waals surface area (Å²) >= 11 is 0. The fourth-order valence-corrected chi connectivity index (χ4v) is 2.01. The van der Waals surface area contributed by atoms with E-state index in [1.807, 2.05) is 6.92 Å². The molecule has 2 rings (SSSR count). The van der Waals surface area contributed by atoms with E-state index in [1.165, 1.54) is 18.2 Å². The first-order valence-electron chi connectivity index (χ1n) is 4.81. The molecular formula is C11H14FNO. The molecule has 1 unspecified atom stereocenters. The monoisotopic (exact) mass is 195 g/mol. The molecule has 1 aliphatic rings. The Balaban J connectivity index is 2.46. The second kappa shape index (κ2) is 2.95. The van der Waals surface area contributed by atoms with Gasteiger partial charge in [-0.15, -0.1) is 0 Å². The number of hydrogen-bond acceptors (Lipinski definition) is 2. The van der Waals surface area contributed by atoms with Gasteiger partial charge in [0.05, 0.1) is 0 Å². The predicted molar refractivity (Wildman–Crippen MR) is 52.6 cm³/mol. The largest absolute Gasteiger partial charge is 0.508 e. The maximum absolute atomic E-state index is 13.0. The van der Waals surface area contributed by atoms with Gasteiger partial charge in [-0.1, -0.05) is 0 Å². The van der Waals surface area contributed by atoms with Gasteiger partial charge in [0.1, 0.15) is 11.6 Å². The molecule has 3 N–H and O–H groups in total. The van der Waals surface area contributed by atoms with E-state index < -0.39 is 0 Å². The van der Waals surface area contributed by atoms with Crippen molar-refractivity contribution in [2.75, 3.05) is 0 Å². The van der Waals surface area contributed by atoms with E-state index in [9.17, 15) is 9.50 Å². The van der Waals surface area contributed by atoms with Gasteiger partial charge in [0, 0.05) is 17.0 Å². The molecule has 1 fully saturated rings. The summed E-state index contributed by atoms with van der Waals surface area (Å²) in [5.41, 5.74) is 6.32. The highest BCUT2D eigenvalue weighted by Crippen LogP contribution is 2.52. The highest BCUT2D eigenvalue weighted by molar-refractivity contribution is 5.44. The van der Waals surface area contributed by atoms with Crippen LogP contribution in [-0.4, -0.2) is 11.1 Å². The van der Waals surface area contributed by atoms with Crippen LogP contribution in [0.4, 0.5) is 4.39 Å². The van der Waals surface area contributed by atoms with Crippen molar-refractivity contribution in [3.05, 3.63) is 29.6 Å². The van der Waals surface area contributed by atoms with Crippen LogP contribution in [0.5, 0.6) is 5.75 Å². The van der Waals surface area contributed by atoms with Gasteiger partial charge in [-0.2, -0.15) is 0 Å². The molecule has 3 heteroatoms. The number of phenolic OH excluding ortho intramolecular Hbond substituents is 1. The van der Waals surface area contributed by atoms with Gasteiger partial charge >= 0.3 is 0 Å². The third-order valence-corrected chi connectivity index (χ3v) is 3.16. The van der Waals surface area contributed by atoms with E-state index in [0.717, 1.165) is 12.8 Å². The third-order valence-electron chi connectivity index (χ3n) is 3.16. The van der Waals surface area contributed by atoms with Crippen molar-refractivity contribution in [2.24, 2.45) is 5.73 Å². The van der Waals surface area contributed by atoms with Crippen LogP contribution in [0, 0.1) is 5.82 Å². The van der Waals surface area contributed by atoms with Gasteiger partial charge in [0.25, 0.3) is 0 Å². The van der Waals surface area contributed by atoms with Crippen LogP contribution in [0.15, 0.2) is 18.2 Å². The Labute approximate surface area is 82.5 Å². The lowest BCUT2D eigenvalue weighted by atomic mass is 9.89. The van der Waals surface area contributed by atoms with Crippen LogP contribution in [0.2, 0.25) is 0 Å². The Bertz CT molecular complexity index is 358. The number of nitrogens with two attached hydrogens (primary N) is 1. The second-order valence-electron chi connectivity index (χ2n) is 4.11. The minimum Gasteiger partial charge on any atom is -0.508 e. The van der Waals surface area contributed by atoms with E-state index in [2.05, 4.69) is 0 Å². The Morgan fingerprint density at radius 1 is 1.50 bits per heavy atom. The third kappa shape index (κ3) is 1.28. The Kier molecular flexibility index (Phi) is 2.00. The predicted octanol–water partition coefficient (Wildman–Crippen LogP) is 1.91. The lowest BCUT2D eigenvalue weighted by molar-refractivity contribution is 0.443. The molecule has 0 heterocycles. The summed E-state index contributed by atoms with van der Waals surface area (Å²) in [5, 5.41) is 9.64. The summed E-state index contributed by atoms with van der Waals surface area (Å²) in [6.45, 7) is 1.90. The lowest BCUT2D eigenvalue weighted by Crippen LogP contribution is -2.31. The minimum atomic E-state index is -0.315. The molecule has 76 valence electrons. The topological polar surface area (TPSA) is 46.2 Å². The molecule has 1 aromatic carbocycles. The van der Waals surface area contributed by atoms with Crippen molar-refractivity contribution >= 4 is 0 Å². The molecule has 2 nitrogen and oxygen atoms in total. The molecular weight excluding hydrogens is 181 g/mol. The van der Waals surface area contributed by atoms with Crippen LogP contribution in [0.25, 0.3) is 0 Å². The molecule has 1 atom stereocenters. The standard InChI is InChI=1S/C11H14FNO/c1-7(13)11(4-5-11)9-6-8(12)2-3-10(9)14/h2-3,6-7,14H,4-5,13H2,1H3. The summed E-state index contributed by atoms with van der Waals surface area (Å²) < 4.78 is 13.0. The molecule has 0 radical (unpaired) electrons. The van der Waals surface area contributed by atoms with Crippen molar-refractivity contribution in [2.45, 2.75) is 31.2 Å². The molecule has 0 aliphatic heterocycles. The first kappa shape index (κ1) is 9.46. The lowest BCUT2D eigenvalue weighted by Gasteiger charge is -2.21. The number of rotatable bonds is 2. The first-order valence-corrected chi connectivity index (χ1v) is 4.81. The molecule has 1 aromatic rings. The second-order valence-corrected chi connectivity index (χ2v) is 4.11. The average molecular weight is 195 g/mol. The normalized spacial score (nSPS) is 20.5. The summed E-state index contributed by atoms with van der Waals surface area (Å²) in [5.74, 6) is -0.161. The molecule has 0 saturated heterocycles.